The smallest absolute Gasteiger partial charge is 0.193 e. The predicted octanol–water partition coefficient (Wildman–Crippen LogP) is 7.01. The molecule has 0 heterocycles. The van der Waals surface area contributed by atoms with Crippen LogP contribution in [0.1, 0.15) is 11.1 Å². The van der Waals surface area contributed by atoms with Gasteiger partial charge < -0.3 is 9.47 Å². The van der Waals surface area contributed by atoms with Gasteiger partial charge in [0.25, 0.3) is 0 Å². The van der Waals surface area contributed by atoms with Gasteiger partial charge in [-0.15, -0.1) is 0 Å². The monoisotopic (exact) mass is 568 g/mol. The van der Waals surface area contributed by atoms with Crippen molar-refractivity contribution in [1.82, 2.24) is 10.9 Å². The molecule has 4 rings (SSSR count). The Kier molecular flexibility index (Phi) is 11.2. The van der Waals surface area contributed by atoms with Crippen molar-refractivity contribution in [3.05, 3.63) is 120 Å². The number of hydrogen-bond acceptors (Lipinski definition) is 8. The minimum atomic E-state index is 0.572. The second kappa shape index (κ2) is 15.8. The highest BCUT2D eigenvalue weighted by Gasteiger charge is 2.07. The molecule has 4 aromatic carbocycles. The van der Waals surface area contributed by atoms with Gasteiger partial charge in [0.15, 0.2) is 10.3 Å². The van der Waals surface area contributed by atoms with Crippen LogP contribution in [0.4, 0.5) is 11.4 Å². The summed E-state index contributed by atoms with van der Waals surface area (Å²) in [7, 11) is 6.03. The van der Waals surface area contributed by atoms with Gasteiger partial charge in [0.2, 0.25) is 0 Å². The first-order valence-corrected chi connectivity index (χ1v) is 14.3. The highest BCUT2D eigenvalue weighted by atomic mass is 33.1. The molecular weight excluding hydrogens is 541 g/mol. The molecule has 0 unspecified atom stereocenters. The van der Waals surface area contributed by atoms with Crippen molar-refractivity contribution in [2.75, 3.05) is 14.2 Å². The van der Waals surface area contributed by atoms with E-state index in [1.807, 2.05) is 109 Å². The molecule has 0 spiro atoms. The van der Waals surface area contributed by atoms with E-state index in [2.05, 4.69) is 21.1 Å². The Labute approximate surface area is 241 Å². The summed E-state index contributed by atoms with van der Waals surface area (Å²) in [5.74, 6) is 1.58. The molecule has 0 aliphatic rings. The van der Waals surface area contributed by atoms with Gasteiger partial charge in [-0.05, 0) is 106 Å². The van der Waals surface area contributed by atoms with E-state index in [0.29, 0.717) is 10.3 Å². The number of hydrogen-bond donors (Lipinski definition) is 2. The lowest BCUT2D eigenvalue weighted by Crippen LogP contribution is -2.16. The van der Waals surface area contributed by atoms with Crippen molar-refractivity contribution in [3.8, 4) is 11.5 Å². The molecule has 0 saturated heterocycles. The fourth-order valence-electron chi connectivity index (χ4n) is 3.15. The third-order valence-corrected chi connectivity index (χ3v) is 7.11. The zero-order valence-electron chi connectivity index (χ0n) is 22.0. The van der Waals surface area contributed by atoms with E-state index in [0.717, 1.165) is 34.0 Å². The standard InChI is InChI=1S/C30H28N6O2S2/c1-37-27-17-13-23(14-18-27)21-31-35-29(33-25-9-5-3-6-10-25)39-40-30(34-26-11-7-4-8-12-26)36-32-22-24-15-19-28(38-2)20-16-24/h3-22H,1-2H3,(H,33,35)(H,34,36)/b31-21+,32-22+. The first-order valence-electron chi connectivity index (χ1n) is 12.2. The average Bonchev–Trinajstić information content (AvgIpc) is 3.01. The lowest BCUT2D eigenvalue weighted by molar-refractivity contribution is 0.414. The second-order valence-corrected chi connectivity index (χ2v) is 10.1. The summed E-state index contributed by atoms with van der Waals surface area (Å²) in [5, 5.41) is 9.92. The van der Waals surface area contributed by atoms with Gasteiger partial charge in [-0.2, -0.15) is 10.2 Å². The van der Waals surface area contributed by atoms with E-state index >= 15 is 0 Å². The van der Waals surface area contributed by atoms with Crippen LogP contribution >= 0.6 is 21.6 Å². The van der Waals surface area contributed by atoms with Crippen LogP contribution in [0.2, 0.25) is 0 Å². The maximum atomic E-state index is 5.22. The van der Waals surface area contributed by atoms with Crippen LogP contribution in [0, 0.1) is 0 Å². The largest absolute Gasteiger partial charge is 0.497 e. The third kappa shape index (κ3) is 9.64. The molecule has 10 heteroatoms. The van der Waals surface area contributed by atoms with Gasteiger partial charge in [-0.3, -0.25) is 10.9 Å². The molecule has 40 heavy (non-hydrogen) atoms. The van der Waals surface area contributed by atoms with Crippen LogP contribution in [0.5, 0.6) is 11.5 Å². The topological polar surface area (TPSA) is 92.0 Å². The molecule has 4 aromatic rings. The summed E-state index contributed by atoms with van der Waals surface area (Å²) < 4.78 is 10.4. The molecule has 0 bridgehead atoms. The number of rotatable bonds is 8. The Morgan fingerprint density at radius 3 is 1.27 bits per heavy atom. The average molecular weight is 569 g/mol. The number of aliphatic imine (C=N–C) groups is 2. The molecule has 2 N–H and O–H groups in total. The molecule has 0 aliphatic carbocycles. The zero-order valence-corrected chi connectivity index (χ0v) is 23.6. The van der Waals surface area contributed by atoms with E-state index in [9.17, 15) is 0 Å². The Morgan fingerprint density at radius 2 is 0.925 bits per heavy atom. The first kappa shape index (κ1) is 28.5. The second-order valence-electron chi connectivity index (χ2n) is 7.96. The van der Waals surface area contributed by atoms with Gasteiger partial charge in [0.1, 0.15) is 11.5 Å². The van der Waals surface area contributed by atoms with Crippen molar-refractivity contribution in [2.45, 2.75) is 0 Å². The maximum Gasteiger partial charge on any atom is 0.193 e. The van der Waals surface area contributed by atoms with E-state index in [4.69, 9.17) is 19.5 Å². The maximum absolute atomic E-state index is 5.22. The van der Waals surface area contributed by atoms with E-state index < -0.39 is 0 Å². The molecule has 0 fully saturated rings. The number of amidine groups is 2. The van der Waals surface area contributed by atoms with Crippen LogP contribution in [0.3, 0.4) is 0 Å². The van der Waals surface area contributed by atoms with E-state index in [-0.39, 0.29) is 0 Å². The van der Waals surface area contributed by atoms with Crippen molar-refractivity contribution in [1.29, 1.82) is 0 Å². The molecule has 0 amide bonds. The molecule has 0 saturated carbocycles. The quantitative estimate of drug-likeness (QED) is 0.103. The van der Waals surface area contributed by atoms with Crippen molar-refractivity contribution in [3.63, 3.8) is 0 Å². The number of nitrogens with zero attached hydrogens (tertiary/aromatic N) is 4. The van der Waals surface area contributed by atoms with Crippen LogP contribution in [-0.4, -0.2) is 37.0 Å². The Balaban J connectivity index is 1.49. The van der Waals surface area contributed by atoms with Gasteiger partial charge >= 0.3 is 0 Å². The summed E-state index contributed by atoms with van der Waals surface area (Å²) in [6.07, 6.45) is 3.45. The highest BCUT2D eigenvalue weighted by Crippen LogP contribution is 2.27. The molecule has 0 aliphatic heterocycles. The lowest BCUT2D eigenvalue weighted by atomic mass is 10.2. The Bertz CT molecular complexity index is 1330. The zero-order chi connectivity index (χ0) is 27.8. The van der Waals surface area contributed by atoms with Gasteiger partial charge in [0, 0.05) is 0 Å². The molecule has 0 aromatic heterocycles. The fourth-order valence-corrected chi connectivity index (χ4v) is 4.69. The summed E-state index contributed by atoms with van der Waals surface area (Å²) in [5.41, 5.74) is 9.55. The molecule has 202 valence electrons. The number of nitrogens with one attached hydrogen (secondary N) is 2. The Hall–Kier alpha value is -4.54. The van der Waals surface area contributed by atoms with Crippen LogP contribution in [0.15, 0.2) is 129 Å². The fraction of sp³-hybridized carbons (Fsp3) is 0.0667. The van der Waals surface area contributed by atoms with Crippen LogP contribution in [0.25, 0.3) is 0 Å². The first-order chi connectivity index (χ1) is 19.7. The van der Waals surface area contributed by atoms with Crippen LogP contribution in [-0.2, 0) is 0 Å². The normalized spacial score (nSPS) is 12.1. The number of para-hydroxylation sites is 2. The molecular formula is C30H28N6O2S2. The molecule has 8 nitrogen and oxygen atoms in total. The number of benzene rings is 4. The summed E-state index contributed by atoms with van der Waals surface area (Å²) in [6, 6.07) is 34.6. The third-order valence-electron chi connectivity index (χ3n) is 5.15. The predicted molar refractivity (Wildman–Crippen MR) is 170 cm³/mol. The van der Waals surface area contributed by atoms with Gasteiger partial charge in [-0.25, -0.2) is 9.98 Å². The van der Waals surface area contributed by atoms with Crippen molar-refractivity contribution >= 4 is 55.7 Å². The summed E-state index contributed by atoms with van der Waals surface area (Å²) >= 11 is 0. The summed E-state index contributed by atoms with van der Waals surface area (Å²) in [4.78, 5) is 9.44. The van der Waals surface area contributed by atoms with E-state index in [1.54, 1.807) is 26.6 Å². The number of methoxy groups -OCH3 is 2. The lowest BCUT2D eigenvalue weighted by Gasteiger charge is -2.08. The minimum absolute atomic E-state index is 0.572. The van der Waals surface area contributed by atoms with Crippen molar-refractivity contribution in [2.24, 2.45) is 20.2 Å². The SMILES string of the molecule is COc1ccc(/C=N/NC(=Nc2ccccc2)SSC(=Nc2ccccc2)N/N=C/c2ccc(OC)cc2)cc1. The number of hydrazone groups is 2. The number of ether oxygens (including phenoxy) is 2. The molecule has 0 atom stereocenters. The van der Waals surface area contributed by atoms with Crippen LogP contribution < -0.4 is 20.3 Å². The Morgan fingerprint density at radius 1 is 0.550 bits per heavy atom. The minimum Gasteiger partial charge on any atom is -0.497 e. The molecule has 0 radical (unpaired) electrons. The highest BCUT2D eigenvalue weighted by molar-refractivity contribution is 8.87. The van der Waals surface area contributed by atoms with Crippen molar-refractivity contribution < 1.29 is 9.47 Å². The van der Waals surface area contributed by atoms with Gasteiger partial charge in [0.05, 0.1) is 38.0 Å². The summed E-state index contributed by atoms with van der Waals surface area (Å²) in [6.45, 7) is 0. The van der Waals surface area contributed by atoms with E-state index in [1.165, 1.54) is 21.6 Å². The van der Waals surface area contributed by atoms with Gasteiger partial charge in [-0.1, -0.05) is 36.4 Å².